The molecule has 42 heavy (non-hydrogen) atoms. The third-order valence-corrected chi connectivity index (χ3v) is 6.83. The molecule has 0 aliphatic carbocycles. The van der Waals surface area contributed by atoms with E-state index in [2.05, 4.69) is 5.32 Å². The number of imide groups is 2. The number of benzene rings is 4. The Bertz CT molecular complexity index is 1650. The standard InChI is InChI=1S/C32H24Cl2N2O6/c1-40-29-17-22(6-15-28(29)42-19-21-4-9-24(34)10-5-21)16-27-30(37)35-32(39)36(31(27)38)25-11-13-26(14-12-25)41-18-20-2-7-23(33)8-3-20/h2-17H,18-19H2,1H3,(H,35,37,39)/b27-16+. The van der Waals surface area contributed by atoms with Gasteiger partial charge in [-0.2, -0.15) is 0 Å². The van der Waals surface area contributed by atoms with Crippen LogP contribution in [0.25, 0.3) is 6.08 Å². The van der Waals surface area contributed by atoms with Crippen molar-refractivity contribution in [2.24, 2.45) is 0 Å². The molecule has 4 aromatic rings. The van der Waals surface area contributed by atoms with Crippen LogP contribution in [0.2, 0.25) is 10.0 Å². The fourth-order valence-corrected chi connectivity index (χ4v) is 4.38. The van der Waals surface area contributed by atoms with Gasteiger partial charge in [0.05, 0.1) is 12.8 Å². The van der Waals surface area contributed by atoms with Crippen LogP contribution in [0.1, 0.15) is 16.7 Å². The molecule has 10 heteroatoms. The van der Waals surface area contributed by atoms with E-state index in [1.54, 1.807) is 66.7 Å². The lowest BCUT2D eigenvalue weighted by molar-refractivity contribution is -0.122. The summed E-state index contributed by atoms with van der Waals surface area (Å²) in [6, 6.07) is 25.1. The number of halogens is 2. The molecule has 0 spiro atoms. The molecular weight excluding hydrogens is 579 g/mol. The van der Waals surface area contributed by atoms with E-state index in [0.29, 0.717) is 39.5 Å². The zero-order valence-electron chi connectivity index (χ0n) is 22.3. The maximum absolute atomic E-state index is 13.3. The summed E-state index contributed by atoms with van der Waals surface area (Å²) >= 11 is 11.9. The van der Waals surface area contributed by atoms with Crippen molar-refractivity contribution < 1.29 is 28.6 Å². The van der Waals surface area contributed by atoms with Crippen molar-refractivity contribution in [3.8, 4) is 17.2 Å². The topological polar surface area (TPSA) is 94.2 Å². The number of rotatable bonds is 9. The van der Waals surface area contributed by atoms with Gasteiger partial charge in [-0.15, -0.1) is 0 Å². The van der Waals surface area contributed by atoms with Crippen LogP contribution in [-0.2, 0) is 22.8 Å². The first-order chi connectivity index (χ1) is 20.3. The van der Waals surface area contributed by atoms with Gasteiger partial charge >= 0.3 is 6.03 Å². The summed E-state index contributed by atoms with van der Waals surface area (Å²) in [4.78, 5) is 39.6. The Morgan fingerprint density at radius 3 is 1.93 bits per heavy atom. The third kappa shape index (κ3) is 6.74. The number of carbonyl (C=O) groups excluding carboxylic acids is 3. The molecule has 4 aromatic carbocycles. The molecule has 0 atom stereocenters. The predicted molar refractivity (Wildman–Crippen MR) is 160 cm³/mol. The number of nitrogens with zero attached hydrogens (tertiary/aromatic N) is 1. The van der Waals surface area contributed by atoms with Gasteiger partial charge in [0.25, 0.3) is 11.8 Å². The van der Waals surface area contributed by atoms with Crippen LogP contribution in [0.4, 0.5) is 10.5 Å². The van der Waals surface area contributed by atoms with E-state index in [-0.39, 0.29) is 17.9 Å². The van der Waals surface area contributed by atoms with E-state index >= 15 is 0 Å². The van der Waals surface area contributed by atoms with E-state index in [9.17, 15) is 14.4 Å². The summed E-state index contributed by atoms with van der Waals surface area (Å²) in [7, 11) is 1.49. The van der Waals surface area contributed by atoms with Crippen LogP contribution < -0.4 is 24.4 Å². The lowest BCUT2D eigenvalue weighted by Crippen LogP contribution is -2.54. The maximum atomic E-state index is 13.3. The SMILES string of the molecule is COc1cc(/C=C2\C(=O)NC(=O)N(c3ccc(OCc4ccc(Cl)cc4)cc3)C2=O)ccc1OCc1ccc(Cl)cc1. The summed E-state index contributed by atoms with van der Waals surface area (Å²) in [5, 5.41) is 3.49. The minimum atomic E-state index is -0.847. The highest BCUT2D eigenvalue weighted by molar-refractivity contribution is 6.39. The number of carbonyl (C=O) groups is 3. The molecule has 1 fully saturated rings. The summed E-state index contributed by atoms with van der Waals surface area (Å²) in [6.45, 7) is 0.604. The van der Waals surface area contributed by atoms with Crippen molar-refractivity contribution in [2.45, 2.75) is 13.2 Å². The first-order valence-electron chi connectivity index (χ1n) is 12.7. The van der Waals surface area contributed by atoms with Gasteiger partial charge in [0.1, 0.15) is 24.5 Å². The van der Waals surface area contributed by atoms with Crippen LogP contribution in [-0.4, -0.2) is 25.0 Å². The highest BCUT2D eigenvalue weighted by atomic mass is 35.5. The number of amides is 4. The molecule has 5 rings (SSSR count). The van der Waals surface area contributed by atoms with E-state index in [0.717, 1.165) is 16.0 Å². The maximum Gasteiger partial charge on any atom is 0.335 e. The van der Waals surface area contributed by atoms with Crippen molar-refractivity contribution in [3.05, 3.63) is 123 Å². The monoisotopic (exact) mass is 602 g/mol. The Kier molecular flexibility index (Phi) is 8.76. The zero-order chi connectivity index (χ0) is 29.6. The zero-order valence-corrected chi connectivity index (χ0v) is 23.8. The van der Waals surface area contributed by atoms with Gasteiger partial charge < -0.3 is 14.2 Å². The van der Waals surface area contributed by atoms with Gasteiger partial charge in [-0.3, -0.25) is 14.9 Å². The van der Waals surface area contributed by atoms with Gasteiger partial charge in [0.15, 0.2) is 11.5 Å². The Hall–Kier alpha value is -4.79. The quantitative estimate of drug-likeness (QED) is 0.167. The Morgan fingerprint density at radius 2 is 1.33 bits per heavy atom. The van der Waals surface area contributed by atoms with Crippen molar-refractivity contribution >= 4 is 52.8 Å². The van der Waals surface area contributed by atoms with Gasteiger partial charge in [0, 0.05) is 10.0 Å². The smallest absolute Gasteiger partial charge is 0.335 e. The Morgan fingerprint density at radius 1 is 0.738 bits per heavy atom. The van der Waals surface area contributed by atoms with Gasteiger partial charge in [0.2, 0.25) is 0 Å². The Labute approximate surface area is 252 Å². The minimum absolute atomic E-state index is 0.213. The van der Waals surface area contributed by atoms with Crippen molar-refractivity contribution in [1.82, 2.24) is 5.32 Å². The number of barbiturate groups is 1. The molecule has 4 amide bonds. The largest absolute Gasteiger partial charge is 0.493 e. The number of hydrogen-bond acceptors (Lipinski definition) is 6. The molecule has 1 N–H and O–H groups in total. The van der Waals surface area contributed by atoms with E-state index in [1.807, 2.05) is 24.3 Å². The number of ether oxygens (including phenoxy) is 3. The number of anilines is 1. The van der Waals surface area contributed by atoms with Crippen LogP contribution in [0.3, 0.4) is 0 Å². The average molecular weight is 603 g/mol. The molecule has 0 unspecified atom stereocenters. The second kappa shape index (κ2) is 12.8. The Balaban J connectivity index is 1.30. The van der Waals surface area contributed by atoms with Crippen molar-refractivity contribution in [3.63, 3.8) is 0 Å². The highest BCUT2D eigenvalue weighted by Crippen LogP contribution is 2.31. The van der Waals surface area contributed by atoms with Crippen molar-refractivity contribution in [1.29, 1.82) is 0 Å². The fraction of sp³-hybridized carbons (Fsp3) is 0.0938. The molecular formula is C32H24Cl2N2O6. The first kappa shape index (κ1) is 28.7. The van der Waals surface area contributed by atoms with Gasteiger partial charge in [-0.05, 0) is 83.4 Å². The van der Waals surface area contributed by atoms with Crippen LogP contribution in [0.5, 0.6) is 17.2 Å². The van der Waals surface area contributed by atoms with E-state index in [4.69, 9.17) is 37.4 Å². The van der Waals surface area contributed by atoms with Crippen LogP contribution >= 0.6 is 23.2 Å². The molecule has 0 aromatic heterocycles. The first-order valence-corrected chi connectivity index (χ1v) is 13.5. The molecule has 0 radical (unpaired) electrons. The lowest BCUT2D eigenvalue weighted by Gasteiger charge is -2.26. The highest BCUT2D eigenvalue weighted by Gasteiger charge is 2.36. The normalized spacial score (nSPS) is 14.1. The van der Waals surface area contributed by atoms with Crippen molar-refractivity contribution in [2.75, 3.05) is 12.0 Å². The molecule has 1 heterocycles. The van der Waals surface area contributed by atoms with Crippen LogP contribution in [0.15, 0.2) is 96.6 Å². The van der Waals surface area contributed by atoms with Gasteiger partial charge in [-0.25, -0.2) is 9.69 Å². The molecule has 0 bridgehead atoms. The molecule has 1 aliphatic rings. The molecule has 8 nitrogen and oxygen atoms in total. The van der Waals surface area contributed by atoms with E-state index < -0.39 is 17.8 Å². The molecule has 1 aliphatic heterocycles. The molecule has 0 saturated carbocycles. The molecule has 212 valence electrons. The lowest BCUT2D eigenvalue weighted by atomic mass is 10.1. The van der Waals surface area contributed by atoms with Crippen LogP contribution in [0, 0.1) is 0 Å². The summed E-state index contributed by atoms with van der Waals surface area (Å²) in [6.07, 6.45) is 1.40. The van der Waals surface area contributed by atoms with Gasteiger partial charge in [-0.1, -0.05) is 53.5 Å². The number of hydrogen-bond donors (Lipinski definition) is 1. The summed E-state index contributed by atoms with van der Waals surface area (Å²) < 4.78 is 17.1. The predicted octanol–water partition coefficient (Wildman–Crippen LogP) is 6.83. The second-order valence-electron chi connectivity index (χ2n) is 9.19. The number of nitrogens with one attached hydrogen (secondary N) is 1. The summed E-state index contributed by atoms with van der Waals surface area (Å²) in [5.74, 6) is -0.143. The molecule has 1 saturated heterocycles. The minimum Gasteiger partial charge on any atom is -0.493 e. The fourth-order valence-electron chi connectivity index (χ4n) is 4.13. The second-order valence-corrected chi connectivity index (χ2v) is 10.1. The summed E-state index contributed by atoms with van der Waals surface area (Å²) in [5.41, 5.74) is 2.42. The number of urea groups is 1. The number of methoxy groups -OCH3 is 1. The third-order valence-electron chi connectivity index (χ3n) is 6.32. The average Bonchev–Trinajstić information content (AvgIpc) is 2.99. The van der Waals surface area contributed by atoms with E-state index in [1.165, 1.54) is 13.2 Å².